The molecule has 2 aliphatic rings. The molecule has 0 N–H and O–H groups in total. The molecule has 1 aromatic heterocycles. The molecule has 3 heterocycles. The molecule has 2 aliphatic heterocycles. The Morgan fingerprint density at radius 1 is 1.41 bits per heavy atom. The molecule has 17 heavy (non-hydrogen) atoms. The maximum absolute atomic E-state index is 6.36. The van der Waals surface area contributed by atoms with Crippen molar-refractivity contribution in [3.63, 3.8) is 0 Å². The van der Waals surface area contributed by atoms with Crippen LogP contribution in [0.5, 0.6) is 0 Å². The van der Waals surface area contributed by atoms with Crippen LogP contribution in [0.4, 0.5) is 0 Å². The number of thioether (sulfide) groups is 2. The van der Waals surface area contributed by atoms with Gasteiger partial charge in [0, 0.05) is 36.6 Å². The third-order valence-corrected chi connectivity index (χ3v) is 7.96. The van der Waals surface area contributed by atoms with Gasteiger partial charge in [0.2, 0.25) is 0 Å². The summed E-state index contributed by atoms with van der Waals surface area (Å²) in [6, 6.07) is 0. The third kappa shape index (κ3) is 1.74. The van der Waals surface area contributed by atoms with Crippen molar-refractivity contribution in [3.05, 3.63) is 16.9 Å². The van der Waals surface area contributed by atoms with Gasteiger partial charge in [0.1, 0.15) is 9.36 Å². The summed E-state index contributed by atoms with van der Waals surface area (Å²) >= 11 is 10.5. The fraction of sp³-hybridized carbons (Fsp3) is 0.727. The first-order chi connectivity index (χ1) is 8.15. The number of aryl methyl sites for hydroxylation is 1. The lowest BCUT2D eigenvalue weighted by molar-refractivity contribution is 0.356. The summed E-state index contributed by atoms with van der Waals surface area (Å²) in [6.45, 7) is 1.15. The van der Waals surface area contributed by atoms with E-state index in [9.17, 15) is 0 Å². The van der Waals surface area contributed by atoms with Crippen LogP contribution in [0.25, 0.3) is 0 Å². The highest BCUT2D eigenvalue weighted by Gasteiger charge is 2.51. The highest BCUT2D eigenvalue weighted by atomic mass is 35.5. The fourth-order valence-electron chi connectivity index (χ4n) is 2.79. The molecule has 0 amide bonds. The molecule has 94 valence electrons. The van der Waals surface area contributed by atoms with Crippen LogP contribution >= 0.6 is 35.1 Å². The molecule has 0 radical (unpaired) electrons. The third-order valence-electron chi connectivity index (χ3n) is 3.69. The second-order valence-electron chi connectivity index (χ2n) is 4.60. The van der Waals surface area contributed by atoms with E-state index in [1.807, 2.05) is 13.2 Å². The highest BCUT2D eigenvalue weighted by molar-refractivity contribution is 8.21. The van der Waals surface area contributed by atoms with Gasteiger partial charge in [0.15, 0.2) is 0 Å². The minimum absolute atomic E-state index is 0.201. The number of rotatable bonds is 1. The van der Waals surface area contributed by atoms with Crippen molar-refractivity contribution in [1.29, 1.82) is 0 Å². The van der Waals surface area contributed by atoms with Crippen molar-refractivity contribution in [2.45, 2.75) is 16.5 Å². The quantitative estimate of drug-likeness (QED) is 0.792. The van der Waals surface area contributed by atoms with Gasteiger partial charge >= 0.3 is 0 Å². The van der Waals surface area contributed by atoms with E-state index in [0.29, 0.717) is 5.92 Å². The van der Waals surface area contributed by atoms with Crippen molar-refractivity contribution in [2.75, 3.05) is 25.1 Å². The first-order valence-corrected chi connectivity index (χ1v) is 8.16. The van der Waals surface area contributed by atoms with Gasteiger partial charge in [-0.25, -0.2) is 0 Å². The molecule has 1 aromatic rings. The summed E-state index contributed by atoms with van der Waals surface area (Å²) < 4.78 is 1.97. The summed E-state index contributed by atoms with van der Waals surface area (Å²) in [7, 11) is 4.14. The molecular formula is C11H16ClN3S2. The maximum atomic E-state index is 6.36. The lowest BCUT2D eigenvalue weighted by Gasteiger charge is -2.35. The average Bonchev–Trinajstić information content (AvgIpc) is 2.98. The first-order valence-electron chi connectivity index (χ1n) is 5.81. The number of halogens is 1. The molecule has 6 heteroatoms. The molecule has 0 saturated carbocycles. The largest absolute Gasteiger partial charge is 0.283 e. The Kier molecular flexibility index (Phi) is 3.14. The van der Waals surface area contributed by atoms with Crippen molar-refractivity contribution < 1.29 is 0 Å². The Balaban J connectivity index is 2.00. The van der Waals surface area contributed by atoms with Gasteiger partial charge in [-0.05, 0) is 13.5 Å². The minimum atomic E-state index is 0.201. The zero-order valence-corrected chi connectivity index (χ0v) is 12.4. The van der Waals surface area contributed by atoms with Crippen LogP contribution in [0, 0.1) is 0 Å². The topological polar surface area (TPSA) is 21.1 Å². The summed E-state index contributed by atoms with van der Waals surface area (Å²) in [4.78, 5) is 2.49. The van der Waals surface area contributed by atoms with E-state index in [0.717, 1.165) is 11.7 Å². The number of likely N-dealkylation sites (tertiary alicyclic amines) is 1. The van der Waals surface area contributed by atoms with Crippen molar-refractivity contribution >= 4 is 35.1 Å². The Bertz CT molecular complexity index is 428. The predicted molar refractivity (Wildman–Crippen MR) is 75.9 cm³/mol. The smallest absolute Gasteiger partial charge is 0.130 e. The number of aromatic nitrogens is 2. The number of hydrogen-bond acceptors (Lipinski definition) is 4. The van der Waals surface area contributed by atoms with Gasteiger partial charge in [-0.2, -0.15) is 5.10 Å². The lowest BCUT2D eigenvalue weighted by Crippen LogP contribution is -2.36. The average molecular weight is 290 g/mol. The summed E-state index contributed by atoms with van der Waals surface area (Å²) in [5.41, 5.74) is 1.22. The zero-order chi connectivity index (χ0) is 12.0. The fourth-order valence-corrected chi connectivity index (χ4v) is 6.62. The van der Waals surface area contributed by atoms with E-state index in [1.165, 1.54) is 23.5 Å². The van der Waals surface area contributed by atoms with E-state index < -0.39 is 0 Å². The Hall–Kier alpha value is 0.160. The SMILES string of the molecule is CN1CCC(c2cnn(C)c2Cl)C12SCCS2. The molecule has 0 bridgehead atoms. The van der Waals surface area contributed by atoms with Crippen molar-refractivity contribution in [1.82, 2.24) is 14.7 Å². The van der Waals surface area contributed by atoms with E-state index in [4.69, 9.17) is 11.6 Å². The van der Waals surface area contributed by atoms with Crippen LogP contribution in [-0.2, 0) is 7.05 Å². The van der Waals surface area contributed by atoms with Crippen LogP contribution in [0.2, 0.25) is 5.15 Å². The van der Waals surface area contributed by atoms with E-state index in [2.05, 4.69) is 40.6 Å². The van der Waals surface area contributed by atoms with Crippen molar-refractivity contribution in [2.24, 2.45) is 7.05 Å². The number of hydrogen-bond donors (Lipinski definition) is 0. The molecule has 0 aromatic carbocycles. The first kappa shape index (κ1) is 12.2. The Morgan fingerprint density at radius 3 is 2.71 bits per heavy atom. The van der Waals surface area contributed by atoms with Gasteiger partial charge < -0.3 is 0 Å². The molecule has 3 nitrogen and oxygen atoms in total. The molecule has 0 aliphatic carbocycles. The molecule has 2 fully saturated rings. The molecule has 3 rings (SSSR count). The summed E-state index contributed by atoms with van der Waals surface area (Å²) in [5, 5.41) is 5.09. The highest BCUT2D eigenvalue weighted by Crippen LogP contribution is 2.59. The Morgan fingerprint density at radius 2 is 2.12 bits per heavy atom. The number of nitrogens with zero attached hydrogens (tertiary/aromatic N) is 3. The number of likely N-dealkylation sites (N-methyl/N-ethyl adjacent to an activating group) is 1. The monoisotopic (exact) mass is 289 g/mol. The van der Waals surface area contributed by atoms with Crippen LogP contribution in [0.1, 0.15) is 17.9 Å². The second kappa shape index (κ2) is 4.37. The van der Waals surface area contributed by atoms with E-state index in [-0.39, 0.29) is 4.20 Å². The maximum Gasteiger partial charge on any atom is 0.130 e. The zero-order valence-electron chi connectivity index (χ0n) is 10.0. The molecule has 2 saturated heterocycles. The van der Waals surface area contributed by atoms with Crippen LogP contribution in [-0.4, -0.2) is 44.0 Å². The summed E-state index contributed by atoms with van der Waals surface area (Å²) in [5.74, 6) is 2.98. The van der Waals surface area contributed by atoms with E-state index in [1.54, 1.807) is 4.68 Å². The predicted octanol–water partition coefficient (Wildman–Crippen LogP) is 2.63. The molecule has 1 atom stereocenters. The van der Waals surface area contributed by atoms with Gasteiger partial charge in [-0.15, -0.1) is 23.5 Å². The van der Waals surface area contributed by atoms with Crippen molar-refractivity contribution in [3.8, 4) is 0 Å². The minimum Gasteiger partial charge on any atom is -0.283 e. The van der Waals surface area contributed by atoms with Gasteiger partial charge in [0.05, 0.1) is 6.20 Å². The van der Waals surface area contributed by atoms with Gasteiger partial charge in [0.25, 0.3) is 0 Å². The molecule has 1 spiro atoms. The van der Waals surface area contributed by atoms with Gasteiger partial charge in [-0.1, -0.05) is 11.6 Å². The van der Waals surface area contributed by atoms with Gasteiger partial charge in [-0.3, -0.25) is 9.58 Å². The van der Waals surface area contributed by atoms with E-state index >= 15 is 0 Å². The standard InChI is InChI=1S/C11H16ClN3S2/c1-14-4-3-9(11(14)16-5-6-17-11)8-7-13-15(2)10(8)12/h7,9H,3-6H2,1-2H3. The molecular weight excluding hydrogens is 274 g/mol. The normalized spacial score (nSPS) is 28.3. The molecule has 1 unspecified atom stereocenters. The second-order valence-corrected chi connectivity index (χ2v) is 7.86. The van der Waals surface area contributed by atoms with Crippen LogP contribution < -0.4 is 0 Å². The van der Waals surface area contributed by atoms with Crippen LogP contribution in [0.3, 0.4) is 0 Å². The summed E-state index contributed by atoms with van der Waals surface area (Å²) in [6.07, 6.45) is 3.13. The Labute approximate surface area is 115 Å². The lowest BCUT2D eigenvalue weighted by atomic mass is 10.0. The van der Waals surface area contributed by atoms with Crippen LogP contribution in [0.15, 0.2) is 6.20 Å².